The molecule has 110 valence electrons. The Morgan fingerprint density at radius 3 is 3.00 bits per heavy atom. The smallest absolute Gasteiger partial charge is 0.261 e. The van der Waals surface area contributed by atoms with Crippen LogP contribution >= 0.6 is 0 Å². The molecule has 1 unspecified atom stereocenters. The summed E-state index contributed by atoms with van der Waals surface area (Å²) in [5.74, 6) is 0.598. The van der Waals surface area contributed by atoms with E-state index in [1.165, 1.54) is 0 Å². The summed E-state index contributed by atoms with van der Waals surface area (Å²) in [4.78, 5) is 21.7. The largest absolute Gasteiger partial charge is 0.269 e. The molecule has 4 nitrogen and oxygen atoms in total. The van der Waals surface area contributed by atoms with E-state index in [4.69, 9.17) is 4.98 Å². The van der Waals surface area contributed by atoms with E-state index >= 15 is 0 Å². The van der Waals surface area contributed by atoms with Crippen LogP contribution in [0.15, 0.2) is 47.5 Å². The van der Waals surface area contributed by atoms with E-state index in [0.29, 0.717) is 11.6 Å². The molecule has 0 spiro atoms. The van der Waals surface area contributed by atoms with E-state index in [1.807, 2.05) is 36.5 Å². The quantitative estimate of drug-likeness (QED) is 0.692. The first kappa shape index (κ1) is 13.2. The monoisotopic (exact) mass is 291 g/mol. The molecule has 0 bridgehead atoms. The number of hydrogen-bond donors (Lipinski definition) is 0. The van der Waals surface area contributed by atoms with Gasteiger partial charge >= 0.3 is 0 Å². The molecule has 0 saturated carbocycles. The average Bonchev–Trinajstić information content (AvgIpc) is 2.55. The molecule has 3 heterocycles. The third-order valence-corrected chi connectivity index (χ3v) is 4.40. The van der Waals surface area contributed by atoms with Crippen LogP contribution in [-0.4, -0.2) is 14.4 Å². The highest BCUT2D eigenvalue weighted by atomic mass is 16.1. The lowest BCUT2D eigenvalue weighted by Gasteiger charge is -2.20. The van der Waals surface area contributed by atoms with Crippen molar-refractivity contribution < 1.29 is 0 Å². The predicted octanol–water partition coefficient (Wildman–Crippen LogP) is 2.88. The Hall–Kier alpha value is -2.49. The first-order chi connectivity index (χ1) is 10.7. The molecular weight excluding hydrogens is 274 g/mol. The Morgan fingerprint density at radius 2 is 2.18 bits per heavy atom. The summed E-state index contributed by atoms with van der Waals surface area (Å²) in [6.07, 6.45) is 6.39. The molecule has 0 N–H and O–H groups in total. The van der Waals surface area contributed by atoms with Crippen LogP contribution in [0.25, 0.3) is 16.9 Å². The number of pyridine rings is 2. The van der Waals surface area contributed by atoms with Crippen LogP contribution in [0.1, 0.15) is 24.6 Å². The van der Waals surface area contributed by atoms with E-state index in [9.17, 15) is 4.79 Å². The molecular formula is C18H17N3O. The van der Waals surface area contributed by atoms with Crippen molar-refractivity contribution in [2.45, 2.75) is 26.2 Å². The number of fused-ring (bicyclic) bond motifs is 2. The molecule has 4 rings (SSSR count). The van der Waals surface area contributed by atoms with Gasteiger partial charge < -0.3 is 0 Å². The molecule has 0 aliphatic heterocycles. The molecule has 0 radical (unpaired) electrons. The first-order valence-electron chi connectivity index (χ1n) is 7.68. The second-order valence-electron chi connectivity index (χ2n) is 6.05. The Morgan fingerprint density at radius 1 is 1.27 bits per heavy atom. The van der Waals surface area contributed by atoms with Crippen molar-refractivity contribution >= 4 is 5.65 Å². The number of hydrogen-bond acceptors (Lipinski definition) is 3. The van der Waals surface area contributed by atoms with E-state index in [2.05, 4.69) is 11.9 Å². The SMILES string of the molecule is CC1CCc2c(nc3cc(-c4ccccn4)ccn3c2=O)C1. The zero-order chi connectivity index (χ0) is 15.1. The Balaban J connectivity index is 1.92. The van der Waals surface area contributed by atoms with Crippen molar-refractivity contribution in [2.24, 2.45) is 5.92 Å². The minimum absolute atomic E-state index is 0.0828. The fraction of sp³-hybridized carbons (Fsp3) is 0.278. The molecule has 1 aliphatic carbocycles. The second-order valence-corrected chi connectivity index (χ2v) is 6.05. The number of aromatic nitrogens is 3. The summed E-state index contributed by atoms with van der Waals surface area (Å²) in [5, 5.41) is 0. The number of nitrogens with zero attached hydrogens (tertiary/aromatic N) is 3. The van der Waals surface area contributed by atoms with Gasteiger partial charge in [0.2, 0.25) is 0 Å². The van der Waals surface area contributed by atoms with Gasteiger partial charge in [-0.05, 0) is 49.4 Å². The molecule has 0 saturated heterocycles. The molecule has 0 aromatic carbocycles. The van der Waals surface area contributed by atoms with Crippen molar-refractivity contribution in [3.05, 3.63) is 64.3 Å². The van der Waals surface area contributed by atoms with Crippen molar-refractivity contribution in [2.75, 3.05) is 0 Å². The lowest BCUT2D eigenvalue weighted by Crippen LogP contribution is -2.27. The minimum atomic E-state index is 0.0828. The van der Waals surface area contributed by atoms with Crippen LogP contribution in [-0.2, 0) is 12.8 Å². The maximum atomic E-state index is 12.6. The summed E-state index contributed by atoms with van der Waals surface area (Å²) in [5.41, 5.74) is 4.53. The summed E-state index contributed by atoms with van der Waals surface area (Å²) < 4.78 is 1.65. The van der Waals surface area contributed by atoms with Gasteiger partial charge in [-0.3, -0.25) is 14.2 Å². The van der Waals surface area contributed by atoms with Crippen molar-refractivity contribution in [3.63, 3.8) is 0 Å². The molecule has 1 atom stereocenters. The van der Waals surface area contributed by atoms with Gasteiger partial charge in [0, 0.05) is 23.5 Å². The lowest BCUT2D eigenvalue weighted by molar-refractivity contribution is 0.488. The van der Waals surface area contributed by atoms with Crippen LogP contribution in [0, 0.1) is 5.92 Å². The van der Waals surface area contributed by atoms with Gasteiger partial charge in [0.25, 0.3) is 5.56 Å². The zero-order valence-corrected chi connectivity index (χ0v) is 12.5. The minimum Gasteiger partial charge on any atom is -0.269 e. The molecule has 0 fully saturated rings. The van der Waals surface area contributed by atoms with E-state index in [0.717, 1.165) is 41.8 Å². The van der Waals surface area contributed by atoms with Crippen molar-refractivity contribution in [3.8, 4) is 11.3 Å². The topological polar surface area (TPSA) is 47.3 Å². The third kappa shape index (κ3) is 2.11. The van der Waals surface area contributed by atoms with E-state index in [1.54, 1.807) is 10.6 Å². The summed E-state index contributed by atoms with van der Waals surface area (Å²) in [6, 6.07) is 9.69. The van der Waals surface area contributed by atoms with Crippen LogP contribution in [0.3, 0.4) is 0 Å². The maximum Gasteiger partial charge on any atom is 0.261 e. The third-order valence-electron chi connectivity index (χ3n) is 4.40. The molecule has 1 aliphatic rings. The summed E-state index contributed by atoms with van der Waals surface area (Å²) in [6.45, 7) is 2.22. The van der Waals surface area contributed by atoms with Gasteiger partial charge in [0.1, 0.15) is 5.65 Å². The van der Waals surface area contributed by atoms with Gasteiger partial charge in [-0.1, -0.05) is 13.0 Å². The molecule has 22 heavy (non-hydrogen) atoms. The van der Waals surface area contributed by atoms with Gasteiger partial charge in [-0.25, -0.2) is 4.98 Å². The molecule has 4 heteroatoms. The van der Waals surface area contributed by atoms with Gasteiger partial charge in [-0.2, -0.15) is 0 Å². The highest BCUT2D eigenvalue weighted by Gasteiger charge is 2.20. The van der Waals surface area contributed by atoms with Crippen molar-refractivity contribution in [1.29, 1.82) is 0 Å². The fourth-order valence-corrected chi connectivity index (χ4v) is 3.16. The highest BCUT2D eigenvalue weighted by Crippen LogP contribution is 2.23. The molecule has 3 aromatic heterocycles. The maximum absolute atomic E-state index is 12.6. The Bertz CT molecular complexity index is 899. The van der Waals surface area contributed by atoms with Gasteiger partial charge in [-0.15, -0.1) is 0 Å². The van der Waals surface area contributed by atoms with Crippen LogP contribution < -0.4 is 5.56 Å². The fourth-order valence-electron chi connectivity index (χ4n) is 3.16. The summed E-state index contributed by atoms with van der Waals surface area (Å²) in [7, 11) is 0. The van der Waals surface area contributed by atoms with Crippen molar-refractivity contribution in [1.82, 2.24) is 14.4 Å². The second kappa shape index (κ2) is 5.05. The number of rotatable bonds is 1. The normalized spacial score (nSPS) is 17.4. The lowest BCUT2D eigenvalue weighted by atomic mass is 9.89. The molecule has 0 amide bonds. The average molecular weight is 291 g/mol. The predicted molar refractivity (Wildman–Crippen MR) is 85.9 cm³/mol. The highest BCUT2D eigenvalue weighted by molar-refractivity contribution is 5.64. The van der Waals surface area contributed by atoms with Crippen LogP contribution in [0.4, 0.5) is 0 Å². The Kier molecular flexibility index (Phi) is 3.03. The van der Waals surface area contributed by atoms with Gasteiger partial charge in [0.15, 0.2) is 0 Å². The summed E-state index contributed by atoms with van der Waals surface area (Å²) >= 11 is 0. The zero-order valence-electron chi connectivity index (χ0n) is 12.5. The van der Waals surface area contributed by atoms with Gasteiger partial charge in [0.05, 0.1) is 11.4 Å². The van der Waals surface area contributed by atoms with Crippen LogP contribution in [0.5, 0.6) is 0 Å². The molecule has 3 aromatic rings. The van der Waals surface area contributed by atoms with E-state index in [-0.39, 0.29) is 5.56 Å². The van der Waals surface area contributed by atoms with E-state index < -0.39 is 0 Å². The van der Waals surface area contributed by atoms with Crippen LogP contribution in [0.2, 0.25) is 0 Å². The Labute approximate surface area is 128 Å². The first-order valence-corrected chi connectivity index (χ1v) is 7.68. The standard InChI is InChI=1S/C18H17N3O/c1-12-5-6-14-16(10-12)20-17-11-13(7-9-21(17)18(14)22)15-4-2-3-8-19-15/h2-4,7-9,11-12H,5-6,10H2,1H3.